The van der Waals surface area contributed by atoms with Crippen molar-refractivity contribution in [3.63, 3.8) is 0 Å². The number of nitrogens with one attached hydrogen (secondary N) is 1. The first-order chi connectivity index (χ1) is 11.9. The van der Waals surface area contributed by atoms with E-state index in [1.807, 2.05) is 0 Å². The Kier molecular flexibility index (Phi) is 4.19. The minimum Gasteiger partial charge on any atom is -0.324 e. The Hall–Kier alpha value is -3.28. The summed E-state index contributed by atoms with van der Waals surface area (Å²) in [6, 6.07) is 12.0. The summed E-state index contributed by atoms with van der Waals surface area (Å²) >= 11 is 0. The van der Waals surface area contributed by atoms with E-state index in [2.05, 4.69) is 5.32 Å². The number of rotatable bonds is 4. The summed E-state index contributed by atoms with van der Waals surface area (Å²) in [5, 5.41) is 2.64. The third kappa shape index (κ3) is 2.94. The van der Waals surface area contributed by atoms with Gasteiger partial charge < -0.3 is 5.32 Å². The second-order valence-corrected chi connectivity index (χ2v) is 5.83. The van der Waals surface area contributed by atoms with E-state index >= 15 is 0 Å². The van der Waals surface area contributed by atoms with Gasteiger partial charge in [-0.25, -0.2) is 0 Å². The molecule has 25 heavy (non-hydrogen) atoms. The molecule has 0 saturated carbocycles. The van der Waals surface area contributed by atoms with Gasteiger partial charge in [0.05, 0.1) is 11.1 Å². The van der Waals surface area contributed by atoms with E-state index in [1.54, 1.807) is 48.5 Å². The topological polar surface area (TPSA) is 83.6 Å². The number of nitrogens with zero attached hydrogens (tertiary/aromatic N) is 1. The molecule has 0 radical (unpaired) electrons. The zero-order chi connectivity index (χ0) is 18.1. The van der Waals surface area contributed by atoms with Crippen LogP contribution < -0.4 is 5.32 Å². The Morgan fingerprint density at radius 1 is 0.960 bits per heavy atom. The SMILES string of the molecule is CC(=O)c1cccc(NC(=O)[C@@H](C)N2C(=O)c3ccccc3C2=O)c1. The summed E-state index contributed by atoms with van der Waals surface area (Å²) in [5.41, 5.74) is 1.49. The van der Waals surface area contributed by atoms with Crippen LogP contribution in [0.4, 0.5) is 5.69 Å². The van der Waals surface area contributed by atoms with Gasteiger partial charge in [-0.3, -0.25) is 24.1 Å². The first-order valence-corrected chi connectivity index (χ1v) is 7.79. The van der Waals surface area contributed by atoms with E-state index in [4.69, 9.17) is 0 Å². The number of benzene rings is 2. The number of fused-ring (bicyclic) bond motifs is 1. The summed E-state index contributed by atoms with van der Waals surface area (Å²) in [6.45, 7) is 2.92. The summed E-state index contributed by atoms with van der Waals surface area (Å²) in [6.07, 6.45) is 0. The molecule has 0 aromatic heterocycles. The van der Waals surface area contributed by atoms with E-state index in [9.17, 15) is 19.2 Å². The molecule has 0 bridgehead atoms. The predicted molar refractivity (Wildman–Crippen MR) is 91.5 cm³/mol. The van der Waals surface area contributed by atoms with Crippen molar-refractivity contribution in [2.24, 2.45) is 0 Å². The summed E-state index contributed by atoms with van der Waals surface area (Å²) in [5.74, 6) is -1.60. The lowest BCUT2D eigenvalue weighted by molar-refractivity contribution is -0.119. The van der Waals surface area contributed by atoms with Crippen LogP contribution in [0.1, 0.15) is 44.9 Å². The van der Waals surface area contributed by atoms with E-state index in [0.717, 1.165) is 4.90 Å². The zero-order valence-corrected chi connectivity index (χ0v) is 13.8. The molecule has 0 saturated heterocycles. The molecule has 2 aromatic carbocycles. The molecule has 1 heterocycles. The quantitative estimate of drug-likeness (QED) is 0.687. The van der Waals surface area contributed by atoms with Gasteiger partial charge in [-0.1, -0.05) is 24.3 Å². The van der Waals surface area contributed by atoms with E-state index in [0.29, 0.717) is 22.4 Å². The van der Waals surface area contributed by atoms with Crippen LogP contribution in [0.2, 0.25) is 0 Å². The maximum atomic E-state index is 12.5. The van der Waals surface area contributed by atoms with E-state index in [-0.39, 0.29) is 5.78 Å². The number of hydrogen-bond donors (Lipinski definition) is 1. The Labute approximate surface area is 144 Å². The van der Waals surface area contributed by atoms with Crippen molar-refractivity contribution in [3.05, 3.63) is 65.2 Å². The zero-order valence-electron chi connectivity index (χ0n) is 13.8. The largest absolute Gasteiger partial charge is 0.324 e. The summed E-state index contributed by atoms with van der Waals surface area (Å²) < 4.78 is 0. The van der Waals surface area contributed by atoms with Crippen LogP contribution in [-0.4, -0.2) is 34.4 Å². The molecule has 3 amide bonds. The lowest BCUT2D eigenvalue weighted by atomic mass is 10.1. The molecule has 126 valence electrons. The van der Waals surface area contributed by atoms with Gasteiger partial charge in [-0.2, -0.15) is 0 Å². The molecule has 0 spiro atoms. The van der Waals surface area contributed by atoms with E-state index < -0.39 is 23.8 Å². The first kappa shape index (κ1) is 16.6. The van der Waals surface area contributed by atoms with Crippen molar-refractivity contribution >= 4 is 29.2 Å². The smallest absolute Gasteiger partial charge is 0.262 e. The minimum absolute atomic E-state index is 0.121. The van der Waals surface area contributed by atoms with Gasteiger partial charge in [0, 0.05) is 11.3 Å². The van der Waals surface area contributed by atoms with Crippen LogP contribution in [-0.2, 0) is 4.79 Å². The second-order valence-electron chi connectivity index (χ2n) is 5.83. The van der Waals surface area contributed by atoms with Crippen LogP contribution >= 0.6 is 0 Å². The second kappa shape index (κ2) is 6.32. The fourth-order valence-corrected chi connectivity index (χ4v) is 2.74. The van der Waals surface area contributed by atoms with Crippen molar-refractivity contribution in [2.75, 3.05) is 5.32 Å². The van der Waals surface area contributed by atoms with Gasteiger partial charge in [0.15, 0.2) is 5.78 Å². The monoisotopic (exact) mass is 336 g/mol. The van der Waals surface area contributed by atoms with Gasteiger partial charge in [0.2, 0.25) is 5.91 Å². The number of hydrogen-bond acceptors (Lipinski definition) is 4. The molecular formula is C19H16N2O4. The van der Waals surface area contributed by atoms with Crippen molar-refractivity contribution in [3.8, 4) is 0 Å². The summed E-state index contributed by atoms with van der Waals surface area (Å²) in [7, 11) is 0. The molecule has 1 N–H and O–H groups in total. The number of carbonyl (C=O) groups excluding carboxylic acids is 4. The van der Waals surface area contributed by atoms with Crippen molar-refractivity contribution < 1.29 is 19.2 Å². The van der Waals surface area contributed by atoms with Crippen LogP contribution in [0.25, 0.3) is 0 Å². The first-order valence-electron chi connectivity index (χ1n) is 7.79. The van der Waals surface area contributed by atoms with Crippen LogP contribution in [0.5, 0.6) is 0 Å². The molecule has 1 aliphatic rings. The number of anilines is 1. The van der Waals surface area contributed by atoms with Gasteiger partial charge in [0.25, 0.3) is 11.8 Å². The highest BCUT2D eigenvalue weighted by Gasteiger charge is 2.40. The molecular weight excluding hydrogens is 320 g/mol. The lowest BCUT2D eigenvalue weighted by Crippen LogP contribution is -2.45. The van der Waals surface area contributed by atoms with Crippen LogP contribution in [0.3, 0.4) is 0 Å². The van der Waals surface area contributed by atoms with Crippen LogP contribution in [0.15, 0.2) is 48.5 Å². The highest BCUT2D eigenvalue weighted by molar-refractivity contribution is 6.23. The van der Waals surface area contributed by atoms with Crippen molar-refractivity contribution in [1.29, 1.82) is 0 Å². The van der Waals surface area contributed by atoms with E-state index in [1.165, 1.54) is 13.8 Å². The lowest BCUT2D eigenvalue weighted by Gasteiger charge is -2.21. The molecule has 6 nitrogen and oxygen atoms in total. The number of amides is 3. The molecule has 0 unspecified atom stereocenters. The van der Waals surface area contributed by atoms with Gasteiger partial charge in [0.1, 0.15) is 6.04 Å². The number of imide groups is 1. The van der Waals surface area contributed by atoms with Gasteiger partial charge >= 0.3 is 0 Å². The Morgan fingerprint density at radius 2 is 1.56 bits per heavy atom. The molecule has 0 fully saturated rings. The molecule has 2 aromatic rings. The average Bonchev–Trinajstić information content (AvgIpc) is 2.86. The number of Topliss-reactive ketones (excluding diaryl/α,β-unsaturated/α-hetero) is 1. The number of ketones is 1. The fourth-order valence-electron chi connectivity index (χ4n) is 2.74. The highest BCUT2D eigenvalue weighted by atomic mass is 16.2. The third-order valence-electron chi connectivity index (χ3n) is 4.13. The molecule has 6 heteroatoms. The molecule has 1 aliphatic heterocycles. The summed E-state index contributed by atoms with van der Waals surface area (Å²) in [4.78, 5) is 49.7. The Bertz CT molecular complexity index is 869. The van der Waals surface area contributed by atoms with Gasteiger partial charge in [-0.15, -0.1) is 0 Å². The van der Waals surface area contributed by atoms with Crippen molar-refractivity contribution in [2.45, 2.75) is 19.9 Å². The predicted octanol–water partition coefficient (Wildman–Crippen LogP) is 2.51. The third-order valence-corrected chi connectivity index (χ3v) is 4.13. The standard InChI is InChI=1S/C19H16N2O4/c1-11(17(23)20-14-7-5-6-13(10-14)12(2)22)21-18(24)15-8-3-4-9-16(15)19(21)25/h3-11H,1-2H3,(H,20,23)/t11-/m1/s1. The Balaban J connectivity index is 1.80. The Morgan fingerprint density at radius 3 is 2.12 bits per heavy atom. The van der Waals surface area contributed by atoms with Crippen LogP contribution in [0, 0.1) is 0 Å². The number of carbonyl (C=O) groups is 4. The molecule has 3 rings (SSSR count). The molecule has 1 atom stereocenters. The highest BCUT2D eigenvalue weighted by Crippen LogP contribution is 2.25. The molecule has 0 aliphatic carbocycles. The van der Waals surface area contributed by atoms with Gasteiger partial charge in [-0.05, 0) is 38.1 Å². The maximum Gasteiger partial charge on any atom is 0.262 e. The fraction of sp³-hybridized carbons (Fsp3) is 0.158. The van der Waals surface area contributed by atoms with Crippen molar-refractivity contribution in [1.82, 2.24) is 4.90 Å². The maximum absolute atomic E-state index is 12.5. The minimum atomic E-state index is -0.978. The average molecular weight is 336 g/mol. The normalized spacial score (nSPS) is 14.2.